The molecule has 0 spiro atoms. The molecule has 1 aromatic carbocycles. The second-order valence-electron chi connectivity index (χ2n) is 4.69. The number of nitrogens with zero attached hydrogens (tertiary/aromatic N) is 1. The van der Waals surface area contributed by atoms with Crippen molar-refractivity contribution in [1.82, 2.24) is 5.32 Å². The Kier molecular flexibility index (Phi) is 4.60. The van der Waals surface area contributed by atoms with Gasteiger partial charge in [0, 0.05) is 26.3 Å². The van der Waals surface area contributed by atoms with Gasteiger partial charge in [0.05, 0.1) is 6.54 Å². The van der Waals surface area contributed by atoms with Gasteiger partial charge in [-0.05, 0) is 29.8 Å². The van der Waals surface area contributed by atoms with Crippen molar-refractivity contribution in [3.05, 3.63) is 53.5 Å². The molecule has 1 heterocycles. The van der Waals surface area contributed by atoms with Crippen LogP contribution in [0, 0.1) is 0 Å². The van der Waals surface area contributed by atoms with Crippen LogP contribution in [0.3, 0.4) is 0 Å². The minimum absolute atomic E-state index is 0.0496. The van der Waals surface area contributed by atoms with Crippen LogP contribution < -0.4 is 10.2 Å². The predicted octanol–water partition coefficient (Wildman–Crippen LogP) is 2.13. The third-order valence-corrected chi connectivity index (χ3v) is 2.95. The van der Waals surface area contributed by atoms with Crippen LogP contribution in [0.15, 0.2) is 40.8 Å². The molecule has 4 nitrogen and oxygen atoms in total. The van der Waals surface area contributed by atoms with Crippen LogP contribution >= 0.6 is 0 Å². The number of rotatable bonds is 6. The van der Waals surface area contributed by atoms with E-state index >= 15 is 0 Å². The van der Waals surface area contributed by atoms with Crippen LogP contribution in [0.2, 0.25) is 0 Å². The van der Waals surface area contributed by atoms with Gasteiger partial charge >= 0.3 is 0 Å². The number of hydrogen-bond donors (Lipinski definition) is 2. The van der Waals surface area contributed by atoms with E-state index < -0.39 is 0 Å². The summed E-state index contributed by atoms with van der Waals surface area (Å²) in [6, 6.07) is 12.1. The fourth-order valence-electron chi connectivity index (χ4n) is 1.84. The van der Waals surface area contributed by atoms with Crippen molar-refractivity contribution in [2.75, 3.05) is 19.0 Å². The van der Waals surface area contributed by atoms with E-state index in [2.05, 4.69) is 34.5 Å². The summed E-state index contributed by atoms with van der Waals surface area (Å²) in [5, 5.41) is 12.2. The first-order chi connectivity index (χ1) is 9.19. The Morgan fingerprint density at radius 3 is 2.26 bits per heavy atom. The average molecular weight is 260 g/mol. The second-order valence-corrected chi connectivity index (χ2v) is 4.69. The number of nitrogens with one attached hydrogen (secondary N) is 1. The average Bonchev–Trinajstić information content (AvgIpc) is 2.87. The molecular weight excluding hydrogens is 240 g/mol. The first kappa shape index (κ1) is 13.6. The fourth-order valence-corrected chi connectivity index (χ4v) is 1.84. The summed E-state index contributed by atoms with van der Waals surface area (Å²) in [4.78, 5) is 2.08. The Bertz CT molecular complexity index is 503. The number of aliphatic hydroxyl groups excluding tert-OH is 1. The highest BCUT2D eigenvalue weighted by Gasteiger charge is 2.01. The van der Waals surface area contributed by atoms with E-state index in [1.807, 2.05) is 20.2 Å². The van der Waals surface area contributed by atoms with Crippen molar-refractivity contribution in [2.45, 2.75) is 19.7 Å². The van der Waals surface area contributed by atoms with Gasteiger partial charge in [0.15, 0.2) is 0 Å². The Hall–Kier alpha value is -1.78. The van der Waals surface area contributed by atoms with Gasteiger partial charge in [-0.3, -0.25) is 0 Å². The van der Waals surface area contributed by atoms with Crippen molar-refractivity contribution in [3.8, 4) is 0 Å². The van der Waals surface area contributed by atoms with E-state index in [0.29, 0.717) is 12.3 Å². The minimum atomic E-state index is -0.0496. The molecule has 0 aliphatic carbocycles. The van der Waals surface area contributed by atoms with Crippen molar-refractivity contribution in [3.63, 3.8) is 0 Å². The summed E-state index contributed by atoms with van der Waals surface area (Å²) in [6.45, 7) is 1.41. The monoisotopic (exact) mass is 260 g/mol. The Labute approximate surface area is 113 Å². The van der Waals surface area contributed by atoms with Gasteiger partial charge < -0.3 is 19.7 Å². The Morgan fingerprint density at radius 2 is 1.68 bits per heavy atom. The zero-order valence-electron chi connectivity index (χ0n) is 11.4. The lowest BCUT2D eigenvalue weighted by atomic mass is 10.2. The lowest BCUT2D eigenvalue weighted by Gasteiger charge is -2.12. The maximum absolute atomic E-state index is 8.91. The van der Waals surface area contributed by atoms with E-state index in [0.717, 1.165) is 12.3 Å². The highest BCUT2D eigenvalue weighted by atomic mass is 16.4. The summed E-state index contributed by atoms with van der Waals surface area (Å²) in [5.74, 6) is 1.45. The molecule has 2 aromatic rings. The maximum Gasteiger partial charge on any atom is 0.129 e. The van der Waals surface area contributed by atoms with Gasteiger partial charge in [-0.25, -0.2) is 0 Å². The van der Waals surface area contributed by atoms with Gasteiger partial charge in [-0.2, -0.15) is 0 Å². The van der Waals surface area contributed by atoms with Crippen molar-refractivity contribution >= 4 is 5.69 Å². The molecule has 0 aliphatic heterocycles. The second kappa shape index (κ2) is 6.41. The minimum Gasteiger partial charge on any atom is -0.462 e. The topological polar surface area (TPSA) is 48.6 Å². The van der Waals surface area contributed by atoms with Crippen molar-refractivity contribution in [2.24, 2.45) is 0 Å². The molecule has 2 rings (SSSR count). The molecule has 102 valence electrons. The number of anilines is 1. The van der Waals surface area contributed by atoms with Gasteiger partial charge in [-0.1, -0.05) is 12.1 Å². The van der Waals surface area contributed by atoms with E-state index in [4.69, 9.17) is 9.52 Å². The molecule has 0 atom stereocenters. The van der Waals surface area contributed by atoms with Gasteiger partial charge in [0.25, 0.3) is 0 Å². The Morgan fingerprint density at radius 1 is 1.00 bits per heavy atom. The molecule has 0 saturated heterocycles. The highest BCUT2D eigenvalue weighted by Crippen LogP contribution is 2.12. The lowest BCUT2D eigenvalue weighted by Crippen LogP contribution is -2.12. The van der Waals surface area contributed by atoms with Crippen LogP contribution in [-0.4, -0.2) is 19.2 Å². The van der Waals surface area contributed by atoms with Crippen LogP contribution in [0.1, 0.15) is 17.1 Å². The molecule has 0 aliphatic rings. The van der Waals surface area contributed by atoms with E-state index in [1.54, 1.807) is 6.07 Å². The molecule has 19 heavy (non-hydrogen) atoms. The van der Waals surface area contributed by atoms with E-state index in [1.165, 1.54) is 11.3 Å². The molecule has 0 fully saturated rings. The molecule has 0 unspecified atom stereocenters. The number of hydrogen-bond acceptors (Lipinski definition) is 4. The molecule has 0 bridgehead atoms. The molecule has 1 aromatic heterocycles. The summed E-state index contributed by atoms with van der Waals surface area (Å²) < 4.78 is 5.40. The molecule has 0 amide bonds. The zero-order chi connectivity index (χ0) is 13.7. The molecule has 0 saturated carbocycles. The normalized spacial score (nSPS) is 10.7. The smallest absolute Gasteiger partial charge is 0.129 e. The van der Waals surface area contributed by atoms with Gasteiger partial charge in [0.1, 0.15) is 18.1 Å². The zero-order valence-corrected chi connectivity index (χ0v) is 11.4. The summed E-state index contributed by atoms with van der Waals surface area (Å²) in [7, 11) is 4.06. The van der Waals surface area contributed by atoms with Crippen molar-refractivity contribution < 1.29 is 9.52 Å². The standard InChI is InChI=1S/C15H20N2O2/c1-17(2)13-5-3-12(4-6-13)9-16-10-14-7-8-15(11-18)19-14/h3-8,16,18H,9-11H2,1-2H3. The highest BCUT2D eigenvalue weighted by molar-refractivity contribution is 5.45. The first-order valence-corrected chi connectivity index (χ1v) is 6.34. The predicted molar refractivity (Wildman–Crippen MR) is 75.9 cm³/mol. The van der Waals surface area contributed by atoms with Crippen LogP contribution in [-0.2, 0) is 19.7 Å². The van der Waals surface area contributed by atoms with Gasteiger partial charge in [-0.15, -0.1) is 0 Å². The Balaban J connectivity index is 1.82. The number of benzene rings is 1. The molecule has 0 radical (unpaired) electrons. The largest absolute Gasteiger partial charge is 0.462 e. The summed E-state index contributed by atoms with van der Waals surface area (Å²) in [5.41, 5.74) is 2.43. The third kappa shape index (κ3) is 3.84. The maximum atomic E-state index is 8.91. The summed E-state index contributed by atoms with van der Waals surface area (Å²) in [6.07, 6.45) is 0. The third-order valence-electron chi connectivity index (χ3n) is 2.95. The van der Waals surface area contributed by atoms with E-state index in [9.17, 15) is 0 Å². The molecule has 4 heteroatoms. The van der Waals surface area contributed by atoms with E-state index in [-0.39, 0.29) is 6.61 Å². The fraction of sp³-hybridized carbons (Fsp3) is 0.333. The van der Waals surface area contributed by atoms with Gasteiger partial charge in [0.2, 0.25) is 0 Å². The van der Waals surface area contributed by atoms with Crippen LogP contribution in [0.25, 0.3) is 0 Å². The lowest BCUT2D eigenvalue weighted by molar-refractivity contribution is 0.242. The van der Waals surface area contributed by atoms with Crippen molar-refractivity contribution in [1.29, 1.82) is 0 Å². The SMILES string of the molecule is CN(C)c1ccc(CNCc2ccc(CO)o2)cc1. The molecule has 2 N–H and O–H groups in total. The van der Waals surface area contributed by atoms with Crippen LogP contribution in [0.5, 0.6) is 0 Å². The van der Waals surface area contributed by atoms with Crippen LogP contribution in [0.4, 0.5) is 5.69 Å². The first-order valence-electron chi connectivity index (χ1n) is 6.34. The number of aliphatic hydroxyl groups is 1. The number of furan rings is 1. The molecular formula is C15H20N2O2. The quantitative estimate of drug-likeness (QED) is 0.835. The summed E-state index contributed by atoms with van der Waals surface area (Å²) >= 11 is 0.